The predicted octanol–water partition coefficient (Wildman–Crippen LogP) is 12.9. The number of aliphatic imine (C=N–C) groups is 2. The van der Waals surface area contributed by atoms with Gasteiger partial charge in [-0.2, -0.15) is 0 Å². The van der Waals surface area contributed by atoms with Crippen molar-refractivity contribution < 1.29 is 4.74 Å². The zero-order chi connectivity index (χ0) is 41.9. The molecule has 0 N–H and O–H groups in total. The number of rotatable bonds is 6. The molecule has 1 aromatic heterocycles. The normalized spacial score (nSPS) is 17.5. The van der Waals surface area contributed by atoms with Gasteiger partial charge in [0, 0.05) is 46.3 Å². The average molecular weight is 812 g/mol. The second-order valence-corrected chi connectivity index (χ2v) is 16.5. The lowest BCUT2D eigenvalue weighted by molar-refractivity contribution is 0.366. The van der Waals surface area contributed by atoms with Crippen LogP contribution >= 0.6 is 0 Å². The Hall–Kier alpha value is -7.96. The van der Waals surface area contributed by atoms with Crippen molar-refractivity contribution >= 4 is 11.7 Å². The van der Waals surface area contributed by atoms with Gasteiger partial charge < -0.3 is 9.64 Å². The number of aromatic nitrogens is 2. The molecule has 7 aromatic carbocycles. The summed E-state index contributed by atoms with van der Waals surface area (Å²) in [6.45, 7) is 0. The topological polar surface area (TPSA) is 63.0 Å². The summed E-state index contributed by atoms with van der Waals surface area (Å²) in [4.78, 5) is 23.6. The average Bonchev–Trinajstić information content (AvgIpc) is 3.64. The highest BCUT2D eigenvalue weighted by Crippen LogP contribution is 2.62. The molecule has 6 nitrogen and oxygen atoms in total. The van der Waals surface area contributed by atoms with E-state index in [0.717, 1.165) is 102 Å². The Balaban J connectivity index is 1.09. The van der Waals surface area contributed by atoms with Crippen molar-refractivity contribution in [1.82, 2.24) is 14.9 Å². The fourth-order valence-electron chi connectivity index (χ4n) is 9.99. The first-order valence-electron chi connectivity index (χ1n) is 21.6. The number of para-hydroxylation sites is 2. The van der Waals surface area contributed by atoms with Crippen LogP contribution in [-0.2, 0) is 5.41 Å². The fraction of sp³-hybridized carbons (Fsp3) is 0.0877. The van der Waals surface area contributed by atoms with Crippen LogP contribution < -0.4 is 4.74 Å². The second kappa shape index (κ2) is 14.9. The number of fused-ring (bicyclic) bond motifs is 9. The third-order valence-corrected chi connectivity index (χ3v) is 12.9. The van der Waals surface area contributed by atoms with E-state index in [1.807, 2.05) is 12.1 Å². The van der Waals surface area contributed by atoms with Gasteiger partial charge in [0.25, 0.3) is 0 Å². The minimum atomic E-state index is -0.740. The summed E-state index contributed by atoms with van der Waals surface area (Å²) in [6.07, 6.45) is 9.38. The van der Waals surface area contributed by atoms with Gasteiger partial charge in [-0.3, -0.25) is 0 Å². The lowest BCUT2D eigenvalue weighted by Gasteiger charge is -2.39. The lowest BCUT2D eigenvalue weighted by atomic mass is 9.65. The van der Waals surface area contributed by atoms with E-state index in [1.54, 1.807) is 0 Å². The van der Waals surface area contributed by atoms with Crippen molar-refractivity contribution in [3.63, 3.8) is 0 Å². The van der Waals surface area contributed by atoms with E-state index >= 15 is 0 Å². The molecule has 4 aliphatic rings. The van der Waals surface area contributed by atoms with E-state index in [0.29, 0.717) is 5.82 Å². The SMILES string of the molecule is CN1C(C2C=CC=CC2)=NC(c2ccc3c(c2)C2(c4ccccc4Oc4ccccc42)c2cc(-c4nc(-c5ccccc5)cc(-c5ccccc5)n4)ccc2-3)=NC1c1ccccc1. The van der Waals surface area contributed by atoms with Gasteiger partial charge in [0.15, 0.2) is 11.7 Å². The van der Waals surface area contributed by atoms with Gasteiger partial charge in [0.1, 0.15) is 23.5 Å². The largest absolute Gasteiger partial charge is 0.457 e. The molecule has 2 aliphatic carbocycles. The van der Waals surface area contributed by atoms with Crippen LogP contribution in [0.2, 0.25) is 0 Å². The van der Waals surface area contributed by atoms with Crippen LogP contribution in [0.1, 0.15) is 46.0 Å². The highest BCUT2D eigenvalue weighted by atomic mass is 16.5. The Morgan fingerprint density at radius 1 is 0.540 bits per heavy atom. The maximum absolute atomic E-state index is 6.75. The molecule has 0 radical (unpaired) electrons. The third kappa shape index (κ3) is 6.01. The number of amidine groups is 2. The zero-order valence-electron chi connectivity index (χ0n) is 34.6. The quantitative estimate of drug-likeness (QED) is 0.168. The highest BCUT2D eigenvalue weighted by Gasteiger charge is 2.51. The Kier molecular flexibility index (Phi) is 8.71. The predicted molar refractivity (Wildman–Crippen MR) is 253 cm³/mol. The molecule has 0 amide bonds. The monoisotopic (exact) mass is 811 g/mol. The first-order chi connectivity index (χ1) is 31.1. The van der Waals surface area contributed by atoms with E-state index in [9.17, 15) is 0 Å². The third-order valence-electron chi connectivity index (χ3n) is 12.9. The summed E-state index contributed by atoms with van der Waals surface area (Å²) < 4.78 is 6.75. The molecule has 2 unspecified atom stereocenters. The van der Waals surface area contributed by atoms with Gasteiger partial charge in [-0.25, -0.2) is 20.0 Å². The van der Waals surface area contributed by atoms with Crippen molar-refractivity contribution in [3.05, 3.63) is 240 Å². The number of nitrogens with zero attached hydrogens (tertiary/aromatic N) is 5. The Morgan fingerprint density at radius 2 is 1.10 bits per heavy atom. The Bertz CT molecular complexity index is 3100. The molecule has 6 heteroatoms. The molecule has 63 heavy (non-hydrogen) atoms. The summed E-state index contributed by atoms with van der Waals surface area (Å²) in [6, 6.07) is 63.9. The lowest BCUT2D eigenvalue weighted by Crippen LogP contribution is -2.39. The Morgan fingerprint density at radius 3 is 1.70 bits per heavy atom. The van der Waals surface area contributed by atoms with Gasteiger partial charge in [-0.15, -0.1) is 0 Å². The van der Waals surface area contributed by atoms with E-state index in [4.69, 9.17) is 24.7 Å². The summed E-state index contributed by atoms with van der Waals surface area (Å²) in [7, 11) is 2.12. The van der Waals surface area contributed by atoms with Gasteiger partial charge in [0.05, 0.1) is 16.8 Å². The summed E-state index contributed by atoms with van der Waals surface area (Å²) in [5.41, 5.74) is 12.9. The number of hydrogen-bond donors (Lipinski definition) is 0. The minimum Gasteiger partial charge on any atom is -0.457 e. The molecular formula is C57H41N5O. The summed E-state index contributed by atoms with van der Waals surface area (Å²) in [5.74, 6) is 4.20. The maximum Gasteiger partial charge on any atom is 0.160 e. The van der Waals surface area contributed by atoms with E-state index < -0.39 is 5.41 Å². The van der Waals surface area contributed by atoms with Gasteiger partial charge in [-0.05, 0) is 64.6 Å². The summed E-state index contributed by atoms with van der Waals surface area (Å²) in [5, 5.41) is 0. The number of allylic oxidation sites excluding steroid dienone is 3. The molecule has 2 aliphatic heterocycles. The molecule has 3 heterocycles. The van der Waals surface area contributed by atoms with Crippen LogP contribution in [0.3, 0.4) is 0 Å². The highest BCUT2D eigenvalue weighted by molar-refractivity contribution is 6.09. The second-order valence-electron chi connectivity index (χ2n) is 16.5. The molecular weight excluding hydrogens is 771 g/mol. The first-order valence-corrected chi connectivity index (χ1v) is 21.6. The van der Waals surface area contributed by atoms with Crippen molar-refractivity contribution in [2.75, 3.05) is 7.05 Å². The van der Waals surface area contributed by atoms with Crippen LogP contribution in [0.4, 0.5) is 0 Å². The smallest absolute Gasteiger partial charge is 0.160 e. The van der Waals surface area contributed by atoms with E-state index in [-0.39, 0.29) is 12.1 Å². The van der Waals surface area contributed by atoms with Crippen LogP contribution in [0.5, 0.6) is 11.5 Å². The van der Waals surface area contributed by atoms with Crippen molar-refractivity contribution in [2.24, 2.45) is 15.9 Å². The fourth-order valence-corrected chi connectivity index (χ4v) is 9.99. The molecule has 8 aromatic rings. The number of benzene rings is 7. The molecule has 300 valence electrons. The number of ether oxygens (including phenoxy) is 1. The van der Waals surface area contributed by atoms with Crippen molar-refractivity contribution in [2.45, 2.75) is 18.0 Å². The van der Waals surface area contributed by atoms with Crippen LogP contribution in [0, 0.1) is 5.92 Å². The molecule has 0 saturated heterocycles. The van der Waals surface area contributed by atoms with Crippen LogP contribution in [-0.4, -0.2) is 33.6 Å². The molecule has 12 rings (SSSR count). The molecule has 2 atom stereocenters. The molecule has 0 bridgehead atoms. The minimum absolute atomic E-state index is 0.138. The Labute approximate surface area is 367 Å². The molecule has 1 spiro atoms. The van der Waals surface area contributed by atoms with Gasteiger partial charge in [0.2, 0.25) is 0 Å². The van der Waals surface area contributed by atoms with Gasteiger partial charge in [-0.1, -0.05) is 176 Å². The van der Waals surface area contributed by atoms with E-state index in [2.05, 4.69) is 206 Å². The van der Waals surface area contributed by atoms with Crippen LogP contribution in [0.25, 0.3) is 45.0 Å². The first kappa shape index (κ1) is 36.9. The maximum atomic E-state index is 6.75. The summed E-state index contributed by atoms with van der Waals surface area (Å²) >= 11 is 0. The molecule has 0 fully saturated rings. The van der Waals surface area contributed by atoms with Gasteiger partial charge >= 0.3 is 0 Å². The zero-order valence-corrected chi connectivity index (χ0v) is 34.6. The van der Waals surface area contributed by atoms with Crippen molar-refractivity contribution in [1.29, 1.82) is 0 Å². The molecule has 0 saturated carbocycles. The van der Waals surface area contributed by atoms with Crippen molar-refractivity contribution in [3.8, 4) is 56.5 Å². The van der Waals surface area contributed by atoms with E-state index in [1.165, 1.54) is 0 Å². The number of hydrogen-bond acceptors (Lipinski definition) is 6. The van der Waals surface area contributed by atoms with Crippen LogP contribution in [0.15, 0.2) is 216 Å². The standard InChI is InChI=1S/C57H41N5O/c1-62-55(39-22-10-4-11-23-39)60-54(61-56(62)40-24-12-5-13-25-40)42-31-33-44-43-32-30-41(53-58-49(37-18-6-2-7-19-37)36-50(59-53)38-20-8-3-9-21-38)34-47(43)57(48(44)35-42)45-26-14-16-28-51(45)63-52-29-17-15-27-46(52)57/h2-24,26-36,40,55H,25H2,1H3.